The molecule has 1 amide bonds. The molecule has 0 unspecified atom stereocenters. The number of benzene rings is 1. The van der Waals surface area contributed by atoms with Crippen molar-refractivity contribution < 1.29 is 22.8 Å². The van der Waals surface area contributed by atoms with Crippen molar-refractivity contribution in [3.63, 3.8) is 0 Å². The number of hydrogen-bond donors (Lipinski definition) is 1. The van der Waals surface area contributed by atoms with Gasteiger partial charge < -0.3 is 5.32 Å². The molecule has 0 aliphatic heterocycles. The molecule has 0 heterocycles. The van der Waals surface area contributed by atoms with Crippen LogP contribution in [-0.4, -0.2) is 18.4 Å². The van der Waals surface area contributed by atoms with Crippen LogP contribution in [0.1, 0.15) is 22.8 Å². The van der Waals surface area contributed by atoms with Crippen LogP contribution in [0, 0.1) is 0 Å². The molecule has 0 aliphatic carbocycles. The van der Waals surface area contributed by atoms with E-state index in [1.807, 2.05) is 0 Å². The number of amides is 1. The van der Waals surface area contributed by atoms with Crippen molar-refractivity contribution in [2.75, 3.05) is 6.54 Å². The van der Waals surface area contributed by atoms with Crippen molar-refractivity contribution in [3.05, 3.63) is 41.0 Å². The minimum Gasteiger partial charge on any atom is -0.348 e. The first kappa shape index (κ1) is 14.0. The van der Waals surface area contributed by atoms with E-state index in [-0.39, 0.29) is 12.1 Å². The molecular formula is C12H10F3NO2. The molecule has 0 aromatic heterocycles. The lowest BCUT2D eigenvalue weighted by molar-refractivity contribution is -0.137. The topological polar surface area (TPSA) is 46.2 Å². The highest BCUT2D eigenvalue weighted by Crippen LogP contribution is 2.28. The lowest BCUT2D eigenvalue weighted by atomic mass is 10.1. The van der Waals surface area contributed by atoms with E-state index >= 15 is 0 Å². The van der Waals surface area contributed by atoms with Crippen LogP contribution >= 0.6 is 0 Å². The van der Waals surface area contributed by atoms with Crippen molar-refractivity contribution in [2.24, 2.45) is 0 Å². The van der Waals surface area contributed by atoms with Gasteiger partial charge in [-0.05, 0) is 31.2 Å². The lowest BCUT2D eigenvalue weighted by Gasteiger charge is -2.07. The maximum Gasteiger partial charge on any atom is 0.416 e. The van der Waals surface area contributed by atoms with E-state index in [2.05, 4.69) is 5.32 Å². The fourth-order valence-corrected chi connectivity index (χ4v) is 1.16. The Bertz CT molecular complexity index is 485. The fourth-order valence-electron chi connectivity index (χ4n) is 1.16. The van der Waals surface area contributed by atoms with E-state index in [4.69, 9.17) is 0 Å². The Hall–Kier alpha value is -2.07. The molecule has 0 saturated heterocycles. The van der Waals surface area contributed by atoms with Gasteiger partial charge >= 0.3 is 6.18 Å². The molecule has 0 aliphatic rings. The molecule has 0 atom stereocenters. The number of nitrogens with one attached hydrogen (secondary N) is 1. The third-order valence-corrected chi connectivity index (χ3v) is 2.16. The number of carbonyl (C=O) groups excluding carboxylic acids is 2. The van der Waals surface area contributed by atoms with Gasteiger partial charge in [0.25, 0.3) is 5.91 Å². The summed E-state index contributed by atoms with van der Waals surface area (Å²) in [5, 5.41) is 2.39. The van der Waals surface area contributed by atoms with Gasteiger partial charge in [-0.3, -0.25) is 4.79 Å². The van der Waals surface area contributed by atoms with Gasteiger partial charge in [0.05, 0.1) is 5.56 Å². The summed E-state index contributed by atoms with van der Waals surface area (Å²) in [4.78, 5) is 21.7. The average Bonchev–Trinajstić information content (AvgIpc) is 2.34. The number of alkyl halides is 3. The van der Waals surface area contributed by atoms with Crippen molar-refractivity contribution in [2.45, 2.75) is 13.1 Å². The molecule has 1 aromatic carbocycles. The van der Waals surface area contributed by atoms with Crippen LogP contribution in [0.2, 0.25) is 0 Å². The number of hydrogen-bond acceptors (Lipinski definition) is 2. The molecule has 96 valence electrons. The summed E-state index contributed by atoms with van der Waals surface area (Å²) in [5.41, 5.74) is -0.417. The fraction of sp³-hybridized carbons (Fsp3) is 0.250. The highest BCUT2D eigenvalue weighted by molar-refractivity contribution is 5.94. The third kappa shape index (κ3) is 3.75. The summed E-state index contributed by atoms with van der Waals surface area (Å²) >= 11 is 0. The van der Waals surface area contributed by atoms with E-state index in [0.717, 1.165) is 24.3 Å². The van der Waals surface area contributed by atoms with Gasteiger partial charge in [-0.15, -0.1) is 0 Å². The normalized spacial score (nSPS) is 10.7. The number of carbonyl (C=O) groups is 1. The summed E-state index contributed by atoms with van der Waals surface area (Å²) in [6.45, 7) is 1.50. The minimum atomic E-state index is -4.42. The van der Waals surface area contributed by atoms with Crippen LogP contribution in [0.15, 0.2) is 29.8 Å². The van der Waals surface area contributed by atoms with Crippen LogP contribution in [0.5, 0.6) is 0 Å². The molecule has 0 spiro atoms. The van der Waals surface area contributed by atoms with E-state index in [9.17, 15) is 22.8 Å². The van der Waals surface area contributed by atoms with Gasteiger partial charge in [0.1, 0.15) is 5.94 Å². The quantitative estimate of drug-likeness (QED) is 0.844. The minimum absolute atomic E-state index is 0.0172. The first-order valence-corrected chi connectivity index (χ1v) is 5.00. The van der Waals surface area contributed by atoms with E-state index in [1.165, 1.54) is 6.92 Å². The zero-order valence-electron chi connectivity index (χ0n) is 9.47. The average molecular weight is 257 g/mol. The highest BCUT2D eigenvalue weighted by Gasteiger charge is 2.30. The van der Waals surface area contributed by atoms with E-state index in [0.29, 0.717) is 5.57 Å². The van der Waals surface area contributed by atoms with Crippen LogP contribution in [-0.2, 0) is 11.0 Å². The Morgan fingerprint density at radius 1 is 1.28 bits per heavy atom. The molecule has 3 nitrogen and oxygen atoms in total. The van der Waals surface area contributed by atoms with Crippen LogP contribution in [0.3, 0.4) is 0 Å². The molecule has 6 heteroatoms. The lowest BCUT2D eigenvalue weighted by Crippen LogP contribution is -2.25. The Labute approximate surface area is 101 Å². The highest BCUT2D eigenvalue weighted by atomic mass is 19.4. The van der Waals surface area contributed by atoms with Crippen LogP contribution < -0.4 is 5.32 Å². The second-order valence-electron chi connectivity index (χ2n) is 3.64. The maximum absolute atomic E-state index is 12.3. The zero-order valence-corrected chi connectivity index (χ0v) is 9.47. The standard InChI is InChI=1S/C12H10F3NO2/c1-8(7-17)6-16-11(18)9-2-4-10(5-3-9)12(13,14)15/h2-5H,6H2,1H3,(H,16,18). The summed E-state index contributed by atoms with van der Waals surface area (Å²) in [5.74, 6) is 1.06. The molecular weight excluding hydrogens is 247 g/mol. The summed E-state index contributed by atoms with van der Waals surface area (Å²) in [7, 11) is 0. The van der Waals surface area contributed by atoms with Crippen molar-refractivity contribution in [1.82, 2.24) is 5.32 Å². The molecule has 0 saturated carbocycles. The van der Waals surface area contributed by atoms with Crippen LogP contribution in [0.4, 0.5) is 13.2 Å². The second-order valence-corrected chi connectivity index (χ2v) is 3.64. The molecule has 0 bridgehead atoms. The predicted molar refractivity (Wildman–Crippen MR) is 58.7 cm³/mol. The van der Waals surface area contributed by atoms with Gasteiger partial charge in [-0.1, -0.05) is 0 Å². The molecule has 1 aromatic rings. The first-order valence-electron chi connectivity index (χ1n) is 5.00. The van der Waals surface area contributed by atoms with Gasteiger partial charge in [-0.25, -0.2) is 4.79 Å². The van der Waals surface area contributed by atoms with Crippen molar-refractivity contribution in [1.29, 1.82) is 0 Å². The third-order valence-electron chi connectivity index (χ3n) is 2.16. The second kappa shape index (κ2) is 5.51. The molecule has 18 heavy (non-hydrogen) atoms. The van der Waals surface area contributed by atoms with Gasteiger partial charge in [0.15, 0.2) is 0 Å². The Balaban J connectivity index is 2.74. The molecule has 1 rings (SSSR count). The maximum atomic E-state index is 12.3. The van der Waals surface area contributed by atoms with Gasteiger partial charge in [0, 0.05) is 17.7 Å². The largest absolute Gasteiger partial charge is 0.416 e. The SMILES string of the molecule is CC(=C=O)CNC(=O)c1ccc(C(F)(F)F)cc1. The number of rotatable bonds is 3. The van der Waals surface area contributed by atoms with E-state index < -0.39 is 17.6 Å². The Morgan fingerprint density at radius 3 is 2.28 bits per heavy atom. The van der Waals surface area contributed by atoms with Crippen molar-refractivity contribution >= 4 is 11.8 Å². The summed E-state index contributed by atoms with van der Waals surface area (Å²) in [6.07, 6.45) is -4.42. The number of halogens is 3. The monoisotopic (exact) mass is 257 g/mol. The Morgan fingerprint density at radius 2 is 1.83 bits per heavy atom. The summed E-state index contributed by atoms with van der Waals surface area (Å²) < 4.78 is 36.8. The molecule has 0 fully saturated rings. The molecule has 0 radical (unpaired) electrons. The Kier molecular flexibility index (Phi) is 4.28. The predicted octanol–water partition coefficient (Wildman–Crippen LogP) is 2.21. The van der Waals surface area contributed by atoms with Crippen LogP contribution in [0.25, 0.3) is 0 Å². The zero-order chi connectivity index (χ0) is 13.8. The van der Waals surface area contributed by atoms with Crippen molar-refractivity contribution in [3.8, 4) is 0 Å². The van der Waals surface area contributed by atoms with Gasteiger partial charge in [0.2, 0.25) is 0 Å². The summed E-state index contributed by atoms with van der Waals surface area (Å²) in [6, 6.07) is 3.82. The first-order chi connectivity index (χ1) is 8.34. The van der Waals surface area contributed by atoms with Gasteiger partial charge in [-0.2, -0.15) is 13.2 Å². The molecule has 1 N–H and O–H groups in total. The smallest absolute Gasteiger partial charge is 0.348 e. The van der Waals surface area contributed by atoms with E-state index in [1.54, 1.807) is 5.94 Å².